The lowest BCUT2D eigenvalue weighted by molar-refractivity contribution is -0.385. The van der Waals surface area contributed by atoms with Crippen LogP contribution in [0, 0.1) is 10.1 Å². The lowest BCUT2D eigenvalue weighted by atomic mass is 10.2. The second kappa shape index (κ2) is 3.73. The Balaban J connectivity index is 3.39. The van der Waals surface area contributed by atoms with Crippen LogP contribution < -0.4 is 9.84 Å². The minimum Gasteiger partial charge on any atom is -0.869 e. The van der Waals surface area contributed by atoms with Crippen molar-refractivity contribution >= 4 is 12.0 Å². The van der Waals surface area contributed by atoms with E-state index in [0.717, 1.165) is 12.1 Å². The van der Waals surface area contributed by atoms with Crippen LogP contribution in [-0.4, -0.2) is 18.3 Å². The highest BCUT2D eigenvalue weighted by Crippen LogP contribution is 2.30. The maximum absolute atomic E-state index is 11.2. The van der Waals surface area contributed by atoms with Gasteiger partial charge in [0, 0.05) is 11.6 Å². The monoisotopic (exact) mass is 196 g/mol. The molecule has 0 saturated heterocycles. The molecule has 0 radical (unpaired) electrons. The fraction of sp³-hybridized carbons (Fsp3) is 0.125. The highest BCUT2D eigenvalue weighted by atomic mass is 16.6. The van der Waals surface area contributed by atoms with Gasteiger partial charge in [-0.1, -0.05) is 5.75 Å². The lowest BCUT2D eigenvalue weighted by Crippen LogP contribution is -2.01. The lowest BCUT2D eigenvalue weighted by Gasteiger charge is -2.13. The zero-order valence-corrected chi connectivity index (χ0v) is 7.22. The first kappa shape index (κ1) is 9.97. The summed E-state index contributed by atoms with van der Waals surface area (Å²) in [6.07, 6.45) is 0.262. The molecule has 14 heavy (non-hydrogen) atoms. The van der Waals surface area contributed by atoms with Gasteiger partial charge in [0.1, 0.15) is 12.0 Å². The van der Waals surface area contributed by atoms with E-state index in [2.05, 4.69) is 4.74 Å². The van der Waals surface area contributed by atoms with Crippen LogP contribution in [0.5, 0.6) is 11.5 Å². The van der Waals surface area contributed by atoms with Crippen molar-refractivity contribution in [3.8, 4) is 11.5 Å². The first-order valence-electron chi connectivity index (χ1n) is 3.58. The van der Waals surface area contributed by atoms with Gasteiger partial charge in [-0.05, 0) is 0 Å². The molecule has 0 amide bonds. The van der Waals surface area contributed by atoms with E-state index in [1.807, 2.05) is 0 Å². The van der Waals surface area contributed by atoms with Gasteiger partial charge in [-0.25, -0.2) is 0 Å². The number of benzene rings is 1. The standard InChI is InChI=1S/C8H7NO5/c1-14-7-3-6(9(12)13)2-5(4-10)8(7)11/h2-4,11H,1H3/p-1. The zero-order chi connectivity index (χ0) is 10.7. The third-order valence-electron chi connectivity index (χ3n) is 1.63. The topological polar surface area (TPSA) is 92.5 Å². The number of hydrogen-bond donors (Lipinski definition) is 0. The Labute approximate surface area is 78.9 Å². The van der Waals surface area contributed by atoms with E-state index in [9.17, 15) is 20.0 Å². The molecule has 0 aliphatic carbocycles. The number of ether oxygens (including phenoxy) is 1. The van der Waals surface area contributed by atoms with Crippen LogP contribution in [0.1, 0.15) is 10.4 Å². The maximum Gasteiger partial charge on any atom is 0.273 e. The fourth-order valence-electron chi connectivity index (χ4n) is 0.953. The van der Waals surface area contributed by atoms with E-state index >= 15 is 0 Å². The largest absolute Gasteiger partial charge is 0.869 e. The summed E-state index contributed by atoms with van der Waals surface area (Å²) in [5.74, 6) is -0.852. The summed E-state index contributed by atoms with van der Waals surface area (Å²) in [7, 11) is 1.20. The third kappa shape index (κ3) is 1.63. The molecule has 1 aromatic rings. The number of hydrogen-bond acceptors (Lipinski definition) is 5. The SMILES string of the molecule is COc1cc([N+](=O)[O-])cc(C=O)c1[O-]. The molecule has 0 aliphatic rings. The van der Waals surface area contributed by atoms with Crippen molar-refractivity contribution in [2.45, 2.75) is 0 Å². The van der Waals surface area contributed by atoms with Crippen LogP contribution >= 0.6 is 0 Å². The molecule has 0 fully saturated rings. The highest BCUT2D eigenvalue weighted by molar-refractivity contribution is 5.82. The van der Waals surface area contributed by atoms with E-state index in [1.54, 1.807) is 0 Å². The van der Waals surface area contributed by atoms with Crippen molar-refractivity contribution in [3.63, 3.8) is 0 Å². The van der Waals surface area contributed by atoms with Gasteiger partial charge in [0.2, 0.25) is 0 Å². The summed E-state index contributed by atoms with van der Waals surface area (Å²) in [6.45, 7) is 0. The Hall–Kier alpha value is -2.11. The molecule has 6 heteroatoms. The predicted octanol–water partition coefficient (Wildman–Crippen LogP) is 0.489. The van der Waals surface area contributed by atoms with E-state index in [0.29, 0.717) is 0 Å². The van der Waals surface area contributed by atoms with Crippen molar-refractivity contribution in [3.05, 3.63) is 27.8 Å². The van der Waals surface area contributed by atoms with Gasteiger partial charge in [0.05, 0.1) is 18.1 Å². The summed E-state index contributed by atoms with van der Waals surface area (Å²) in [6, 6.07) is 1.90. The Morgan fingerprint density at radius 2 is 2.14 bits per heavy atom. The highest BCUT2D eigenvalue weighted by Gasteiger charge is 2.11. The average molecular weight is 196 g/mol. The number of nitro benzene ring substituents is 1. The number of methoxy groups -OCH3 is 1. The van der Waals surface area contributed by atoms with Gasteiger partial charge < -0.3 is 9.84 Å². The Bertz CT molecular complexity index is 388. The second-order valence-corrected chi connectivity index (χ2v) is 2.44. The van der Waals surface area contributed by atoms with Gasteiger partial charge in [-0.3, -0.25) is 14.9 Å². The number of carbonyl (C=O) groups is 1. The molecule has 74 valence electrons. The Morgan fingerprint density at radius 1 is 1.50 bits per heavy atom. The number of nitro groups is 1. The molecule has 0 saturated carbocycles. The molecule has 0 unspecified atom stereocenters. The van der Waals surface area contributed by atoms with Crippen LogP contribution in [-0.2, 0) is 0 Å². The molecule has 0 aromatic heterocycles. The summed E-state index contributed by atoms with van der Waals surface area (Å²) >= 11 is 0. The van der Waals surface area contributed by atoms with Crippen molar-refractivity contribution < 1.29 is 19.6 Å². The minimum absolute atomic E-state index is 0.207. The van der Waals surface area contributed by atoms with E-state index in [1.165, 1.54) is 7.11 Å². The fourth-order valence-corrected chi connectivity index (χ4v) is 0.953. The van der Waals surface area contributed by atoms with Gasteiger partial charge in [-0.15, -0.1) is 0 Å². The molecular weight excluding hydrogens is 190 g/mol. The quantitative estimate of drug-likeness (QED) is 0.398. The van der Waals surface area contributed by atoms with Gasteiger partial charge in [-0.2, -0.15) is 0 Å². The van der Waals surface area contributed by atoms with Gasteiger partial charge in [0.15, 0.2) is 0 Å². The van der Waals surface area contributed by atoms with Crippen molar-refractivity contribution in [1.29, 1.82) is 0 Å². The van der Waals surface area contributed by atoms with Gasteiger partial charge >= 0.3 is 0 Å². The van der Waals surface area contributed by atoms with Crippen LogP contribution in [0.2, 0.25) is 0 Å². The first-order valence-corrected chi connectivity index (χ1v) is 3.58. The summed E-state index contributed by atoms with van der Waals surface area (Å²) in [5.41, 5.74) is -0.625. The molecule has 6 nitrogen and oxygen atoms in total. The van der Waals surface area contributed by atoms with Crippen molar-refractivity contribution in [2.24, 2.45) is 0 Å². The molecule has 0 atom stereocenters. The number of carbonyl (C=O) groups excluding carboxylic acids is 1. The summed E-state index contributed by atoms with van der Waals surface area (Å²) in [5, 5.41) is 21.6. The smallest absolute Gasteiger partial charge is 0.273 e. The molecule has 1 rings (SSSR count). The molecule has 0 aliphatic heterocycles. The Morgan fingerprint density at radius 3 is 2.57 bits per heavy atom. The summed E-state index contributed by atoms with van der Waals surface area (Å²) < 4.78 is 4.60. The van der Waals surface area contributed by atoms with Crippen LogP contribution in [0.15, 0.2) is 12.1 Å². The summed E-state index contributed by atoms with van der Waals surface area (Å²) in [4.78, 5) is 20.1. The van der Waals surface area contributed by atoms with E-state index in [-0.39, 0.29) is 23.3 Å². The Kier molecular flexibility index (Phi) is 2.66. The van der Waals surface area contributed by atoms with Crippen LogP contribution in [0.3, 0.4) is 0 Å². The average Bonchev–Trinajstić information content (AvgIpc) is 2.17. The number of non-ortho nitro benzene ring substituents is 1. The van der Waals surface area contributed by atoms with Crippen LogP contribution in [0.4, 0.5) is 5.69 Å². The maximum atomic E-state index is 11.2. The van der Waals surface area contributed by atoms with Gasteiger partial charge in [0.25, 0.3) is 5.69 Å². The number of rotatable bonds is 3. The van der Waals surface area contributed by atoms with E-state index in [4.69, 9.17) is 0 Å². The molecule has 0 spiro atoms. The van der Waals surface area contributed by atoms with Crippen LogP contribution in [0.25, 0.3) is 0 Å². The van der Waals surface area contributed by atoms with Crippen molar-refractivity contribution in [2.75, 3.05) is 7.11 Å². The molecule has 1 aromatic carbocycles. The predicted molar refractivity (Wildman–Crippen MR) is 44.5 cm³/mol. The van der Waals surface area contributed by atoms with E-state index < -0.39 is 10.7 Å². The zero-order valence-electron chi connectivity index (χ0n) is 7.22. The molecule has 0 bridgehead atoms. The second-order valence-electron chi connectivity index (χ2n) is 2.44. The molecule has 0 heterocycles. The molecule has 0 N–H and O–H groups in total. The molecular formula is C8H6NO5-. The first-order chi connectivity index (χ1) is 6.60. The van der Waals surface area contributed by atoms with Crippen molar-refractivity contribution in [1.82, 2.24) is 0 Å². The normalized spacial score (nSPS) is 9.50. The number of aldehydes is 1. The third-order valence-corrected chi connectivity index (χ3v) is 1.63. The minimum atomic E-state index is -0.699. The number of nitrogens with zero attached hydrogens (tertiary/aromatic N) is 1.